The number of hydrogen-bond acceptors (Lipinski definition) is 5. The number of carbonyl (C=O) groups excluding carboxylic acids is 1. The van der Waals surface area contributed by atoms with Gasteiger partial charge in [-0.05, 0) is 24.6 Å². The van der Waals surface area contributed by atoms with Crippen LogP contribution in [-0.4, -0.2) is 23.7 Å². The van der Waals surface area contributed by atoms with Gasteiger partial charge in [0.25, 0.3) is 0 Å². The highest BCUT2D eigenvalue weighted by Gasteiger charge is 2.17. The Morgan fingerprint density at radius 2 is 2.17 bits per heavy atom. The highest BCUT2D eigenvalue weighted by atomic mass is 35.5. The van der Waals surface area contributed by atoms with Crippen LogP contribution in [0.3, 0.4) is 0 Å². The Balaban J connectivity index is 1.65. The zero-order valence-electron chi connectivity index (χ0n) is 12.4. The number of rotatable bonds is 4. The summed E-state index contributed by atoms with van der Waals surface area (Å²) in [5, 5.41) is 4.96. The molecule has 0 aliphatic carbocycles. The third-order valence-corrected chi connectivity index (χ3v) is 4.59. The summed E-state index contributed by atoms with van der Waals surface area (Å²) >= 11 is 7.24. The molecule has 122 valence electrons. The Kier molecular flexibility index (Phi) is 4.58. The van der Waals surface area contributed by atoms with E-state index in [0.29, 0.717) is 36.3 Å². The maximum Gasteiger partial charge on any atom is 0.307 e. The Morgan fingerprint density at radius 1 is 1.39 bits per heavy atom. The van der Waals surface area contributed by atoms with E-state index in [0.717, 1.165) is 22.6 Å². The minimum absolute atomic E-state index is 0.00640. The lowest BCUT2D eigenvalue weighted by atomic mass is 10.2. The fourth-order valence-electron chi connectivity index (χ4n) is 2.26. The molecule has 6 nitrogen and oxygen atoms in total. The predicted molar refractivity (Wildman–Crippen MR) is 87.6 cm³/mol. The molecule has 23 heavy (non-hydrogen) atoms. The normalized spacial score (nSPS) is 13.0. The van der Waals surface area contributed by atoms with Gasteiger partial charge < -0.3 is 14.8 Å². The molecule has 0 bridgehead atoms. The first kappa shape index (κ1) is 15.9. The lowest BCUT2D eigenvalue weighted by molar-refractivity contribution is -0.121. The summed E-state index contributed by atoms with van der Waals surface area (Å²) in [6.45, 7) is 3.04. The molecule has 0 fully saturated rings. The average Bonchev–Trinajstić information content (AvgIpc) is 2.85. The van der Waals surface area contributed by atoms with Crippen molar-refractivity contribution in [3.63, 3.8) is 0 Å². The molecule has 0 atom stereocenters. The van der Waals surface area contributed by atoms with Gasteiger partial charge in [-0.25, -0.2) is 0 Å². The number of benzene rings is 1. The van der Waals surface area contributed by atoms with Crippen molar-refractivity contribution in [2.45, 2.75) is 20.0 Å². The van der Waals surface area contributed by atoms with Crippen molar-refractivity contribution in [1.82, 2.24) is 9.88 Å². The van der Waals surface area contributed by atoms with Crippen LogP contribution in [-0.2, 0) is 17.9 Å². The summed E-state index contributed by atoms with van der Waals surface area (Å²) in [4.78, 5) is 23.5. The second-order valence-corrected chi connectivity index (χ2v) is 6.34. The fraction of sp³-hybridized carbons (Fsp3) is 0.333. The Labute approximate surface area is 141 Å². The molecule has 0 radical (unpaired) electrons. The van der Waals surface area contributed by atoms with Crippen LogP contribution in [0.25, 0.3) is 0 Å². The molecule has 3 rings (SSSR count). The van der Waals surface area contributed by atoms with Crippen molar-refractivity contribution in [1.29, 1.82) is 0 Å². The van der Waals surface area contributed by atoms with Crippen molar-refractivity contribution >= 4 is 28.8 Å². The summed E-state index contributed by atoms with van der Waals surface area (Å²) in [5.74, 6) is 0.881. The monoisotopic (exact) mass is 354 g/mol. The minimum atomic E-state index is -0.236. The minimum Gasteiger partial charge on any atom is -0.486 e. The summed E-state index contributed by atoms with van der Waals surface area (Å²) < 4.78 is 12.4. The Morgan fingerprint density at radius 3 is 2.91 bits per heavy atom. The summed E-state index contributed by atoms with van der Waals surface area (Å²) in [6, 6.07) is 3.53. The molecule has 2 heterocycles. The number of nitrogens with one attached hydrogen (secondary N) is 1. The van der Waals surface area contributed by atoms with Crippen molar-refractivity contribution in [2.75, 3.05) is 13.2 Å². The van der Waals surface area contributed by atoms with Gasteiger partial charge in [-0.1, -0.05) is 22.9 Å². The zero-order valence-corrected chi connectivity index (χ0v) is 14.0. The average molecular weight is 355 g/mol. The number of nitrogens with zero attached hydrogens (tertiary/aromatic N) is 1. The van der Waals surface area contributed by atoms with Crippen LogP contribution in [0.4, 0.5) is 0 Å². The van der Waals surface area contributed by atoms with Crippen LogP contribution in [0.5, 0.6) is 11.5 Å². The van der Waals surface area contributed by atoms with E-state index in [-0.39, 0.29) is 17.3 Å². The molecule has 1 aromatic heterocycles. The highest BCUT2D eigenvalue weighted by molar-refractivity contribution is 7.07. The van der Waals surface area contributed by atoms with E-state index in [2.05, 4.69) is 5.32 Å². The van der Waals surface area contributed by atoms with Crippen molar-refractivity contribution in [2.24, 2.45) is 0 Å². The zero-order chi connectivity index (χ0) is 16.4. The Hall–Kier alpha value is -1.99. The molecular weight excluding hydrogens is 340 g/mol. The van der Waals surface area contributed by atoms with Gasteiger partial charge in [0.05, 0.1) is 5.02 Å². The number of hydrogen-bond donors (Lipinski definition) is 1. The molecule has 0 spiro atoms. The molecule has 0 unspecified atom stereocenters. The molecule has 0 saturated carbocycles. The van der Waals surface area contributed by atoms with E-state index in [1.54, 1.807) is 24.4 Å². The molecule has 2 aromatic rings. The van der Waals surface area contributed by atoms with Gasteiger partial charge in [0, 0.05) is 17.6 Å². The first-order valence-electron chi connectivity index (χ1n) is 7.04. The van der Waals surface area contributed by atoms with E-state index < -0.39 is 0 Å². The molecule has 0 saturated heterocycles. The highest BCUT2D eigenvalue weighted by Crippen LogP contribution is 2.38. The van der Waals surface area contributed by atoms with Crippen LogP contribution in [0.1, 0.15) is 11.3 Å². The fourth-order valence-corrected chi connectivity index (χ4v) is 3.28. The van der Waals surface area contributed by atoms with Crippen molar-refractivity contribution in [3.05, 3.63) is 43.5 Å². The molecule has 1 N–H and O–H groups in total. The number of thiazole rings is 1. The smallest absolute Gasteiger partial charge is 0.307 e. The molecule has 8 heteroatoms. The predicted octanol–water partition coefficient (Wildman–Crippen LogP) is 1.96. The third kappa shape index (κ3) is 3.51. The van der Waals surface area contributed by atoms with E-state index in [1.807, 2.05) is 0 Å². The number of carbonyl (C=O) groups is 1. The van der Waals surface area contributed by atoms with Gasteiger partial charge in [0.1, 0.15) is 19.8 Å². The lowest BCUT2D eigenvalue weighted by Crippen LogP contribution is -2.30. The SMILES string of the molecule is Cc1csc(=O)n1CC(=O)NCc1cc(Cl)c2c(c1)OCCO2. The van der Waals surface area contributed by atoms with E-state index >= 15 is 0 Å². The number of amides is 1. The van der Waals surface area contributed by atoms with E-state index in [4.69, 9.17) is 21.1 Å². The molecule has 1 aromatic carbocycles. The van der Waals surface area contributed by atoms with Gasteiger partial charge in [0.2, 0.25) is 5.91 Å². The maximum absolute atomic E-state index is 12.0. The Bertz CT molecular complexity index is 799. The van der Waals surface area contributed by atoms with Crippen molar-refractivity contribution in [3.8, 4) is 11.5 Å². The standard InChI is InChI=1S/C15H15ClN2O4S/c1-9-8-23-15(20)18(9)7-13(19)17-6-10-4-11(16)14-12(5-10)21-2-3-22-14/h4-5,8H,2-3,6-7H2,1H3,(H,17,19). The van der Waals surface area contributed by atoms with E-state index in [1.165, 1.54) is 4.57 Å². The van der Waals surface area contributed by atoms with Crippen LogP contribution in [0.15, 0.2) is 22.3 Å². The first-order chi connectivity index (χ1) is 11.0. The summed E-state index contributed by atoms with van der Waals surface area (Å²) in [7, 11) is 0. The number of aryl methyl sites for hydroxylation is 1. The van der Waals surface area contributed by atoms with E-state index in [9.17, 15) is 9.59 Å². The quantitative estimate of drug-likeness (QED) is 0.911. The third-order valence-electron chi connectivity index (χ3n) is 3.42. The number of ether oxygens (including phenoxy) is 2. The lowest BCUT2D eigenvalue weighted by Gasteiger charge is -2.20. The van der Waals surface area contributed by atoms with Gasteiger partial charge in [0.15, 0.2) is 11.5 Å². The van der Waals surface area contributed by atoms with Gasteiger partial charge in [-0.3, -0.25) is 14.2 Å². The largest absolute Gasteiger partial charge is 0.486 e. The second-order valence-electron chi connectivity index (χ2n) is 5.11. The van der Waals surface area contributed by atoms with Gasteiger partial charge in [-0.2, -0.15) is 0 Å². The number of fused-ring (bicyclic) bond motifs is 1. The van der Waals surface area contributed by atoms with Crippen molar-refractivity contribution < 1.29 is 14.3 Å². The molecule has 1 amide bonds. The first-order valence-corrected chi connectivity index (χ1v) is 8.30. The summed E-state index contributed by atoms with van der Waals surface area (Å²) in [6.07, 6.45) is 0. The van der Waals surface area contributed by atoms with Crippen LogP contribution >= 0.6 is 22.9 Å². The second kappa shape index (κ2) is 6.64. The van der Waals surface area contributed by atoms with Gasteiger partial charge >= 0.3 is 4.87 Å². The van der Waals surface area contributed by atoms with Crippen LogP contribution in [0, 0.1) is 6.92 Å². The molecule has 1 aliphatic heterocycles. The topological polar surface area (TPSA) is 69.6 Å². The number of aromatic nitrogens is 1. The van der Waals surface area contributed by atoms with Crippen LogP contribution in [0.2, 0.25) is 5.02 Å². The number of halogens is 1. The maximum atomic E-state index is 12.0. The van der Waals surface area contributed by atoms with Crippen LogP contribution < -0.4 is 19.7 Å². The molecular formula is C15H15ClN2O4S. The molecule has 1 aliphatic rings. The van der Waals surface area contributed by atoms with Gasteiger partial charge in [-0.15, -0.1) is 0 Å². The summed E-state index contributed by atoms with van der Waals surface area (Å²) in [5.41, 5.74) is 1.58.